The first-order valence-electron chi connectivity index (χ1n) is 15.9. The van der Waals surface area contributed by atoms with Crippen molar-refractivity contribution in [1.82, 2.24) is 20.0 Å². The molecule has 0 aromatic heterocycles. The highest BCUT2D eigenvalue weighted by atomic mass is 35.5. The largest absolute Gasteiger partial charge is 0.330 e. The number of likely N-dealkylation sites (tertiary alicyclic amines) is 1. The van der Waals surface area contributed by atoms with E-state index in [0.717, 1.165) is 55.9 Å². The van der Waals surface area contributed by atoms with Crippen molar-refractivity contribution in [2.75, 3.05) is 19.6 Å². The van der Waals surface area contributed by atoms with Crippen LogP contribution < -0.4 is 5.32 Å². The van der Waals surface area contributed by atoms with E-state index in [-0.39, 0.29) is 48.2 Å². The van der Waals surface area contributed by atoms with Crippen molar-refractivity contribution in [3.05, 3.63) is 75.3 Å². The van der Waals surface area contributed by atoms with Gasteiger partial charge in [0.25, 0.3) is 11.8 Å². The number of halogens is 1. The molecule has 4 amide bonds. The Balaban J connectivity index is 1.06. The number of piperidine rings is 1. The topological polar surface area (TPSA) is 90.0 Å². The fourth-order valence-electron chi connectivity index (χ4n) is 8.04. The second-order valence-corrected chi connectivity index (χ2v) is 14.4. The van der Waals surface area contributed by atoms with Gasteiger partial charge >= 0.3 is 0 Å². The van der Waals surface area contributed by atoms with Crippen LogP contribution in [0.25, 0.3) is 5.57 Å². The molecular formula is C35H39ClN4O4. The second-order valence-electron chi connectivity index (χ2n) is 14.0. The smallest absolute Gasteiger partial charge is 0.255 e. The molecule has 1 aliphatic carbocycles. The minimum atomic E-state index is -0.666. The maximum atomic E-state index is 13.9. The Morgan fingerprint density at radius 2 is 1.70 bits per heavy atom. The van der Waals surface area contributed by atoms with Crippen LogP contribution in [-0.4, -0.2) is 76.1 Å². The molecule has 9 heteroatoms. The Morgan fingerprint density at radius 3 is 2.41 bits per heavy atom. The van der Waals surface area contributed by atoms with Gasteiger partial charge in [0.05, 0.1) is 0 Å². The van der Waals surface area contributed by atoms with Crippen molar-refractivity contribution in [3.63, 3.8) is 0 Å². The number of carbonyl (C=O) groups excluding carboxylic acids is 4. The Morgan fingerprint density at radius 1 is 0.977 bits per heavy atom. The molecule has 3 saturated heterocycles. The van der Waals surface area contributed by atoms with E-state index >= 15 is 0 Å². The van der Waals surface area contributed by atoms with E-state index in [0.29, 0.717) is 17.5 Å². The molecule has 3 atom stereocenters. The van der Waals surface area contributed by atoms with Crippen LogP contribution in [0, 0.1) is 5.41 Å². The van der Waals surface area contributed by atoms with Gasteiger partial charge in [-0.3, -0.25) is 29.4 Å². The zero-order chi connectivity index (χ0) is 30.7. The molecule has 230 valence electrons. The number of fused-ring (bicyclic) bond motifs is 3. The monoisotopic (exact) mass is 614 g/mol. The molecule has 4 heterocycles. The van der Waals surface area contributed by atoms with Crippen molar-refractivity contribution in [2.24, 2.45) is 5.41 Å². The molecule has 0 radical (unpaired) electrons. The fraction of sp³-hybridized carbons (Fsp3) is 0.486. The first-order valence-corrected chi connectivity index (χ1v) is 16.2. The van der Waals surface area contributed by atoms with Gasteiger partial charge in [-0.05, 0) is 91.0 Å². The third-order valence-corrected chi connectivity index (χ3v) is 10.6. The molecule has 7 rings (SSSR count). The Kier molecular flexibility index (Phi) is 7.40. The number of carbonyl (C=O) groups is 4. The predicted octanol–water partition coefficient (Wildman–Crippen LogP) is 5.05. The molecule has 1 N–H and O–H groups in total. The summed E-state index contributed by atoms with van der Waals surface area (Å²) in [5.41, 5.74) is 6.37. The number of nitrogens with one attached hydrogen (secondary N) is 1. The zero-order valence-corrected chi connectivity index (χ0v) is 26.2. The average molecular weight is 615 g/mol. The summed E-state index contributed by atoms with van der Waals surface area (Å²) in [5, 5.41) is 3.10. The molecule has 2 bridgehead atoms. The Hall–Kier alpha value is -3.49. The maximum absolute atomic E-state index is 13.9. The fourth-order valence-corrected chi connectivity index (χ4v) is 8.17. The molecule has 2 aromatic carbocycles. The molecule has 0 spiro atoms. The summed E-state index contributed by atoms with van der Waals surface area (Å²) in [5.74, 6) is -0.937. The molecule has 44 heavy (non-hydrogen) atoms. The summed E-state index contributed by atoms with van der Waals surface area (Å²) in [6, 6.07) is 13.2. The van der Waals surface area contributed by atoms with Gasteiger partial charge in [-0.15, -0.1) is 0 Å². The van der Waals surface area contributed by atoms with Crippen LogP contribution in [0.3, 0.4) is 0 Å². The van der Waals surface area contributed by atoms with Crippen molar-refractivity contribution in [2.45, 2.75) is 83.5 Å². The number of hydrogen-bond donors (Lipinski definition) is 1. The summed E-state index contributed by atoms with van der Waals surface area (Å²) in [6.07, 6.45) is 5.84. The number of nitrogens with zero attached hydrogens (tertiary/aromatic N) is 3. The highest BCUT2D eigenvalue weighted by molar-refractivity contribution is 6.30. The van der Waals surface area contributed by atoms with Gasteiger partial charge in [-0.2, -0.15) is 0 Å². The van der Waals surface area contributed by atoms with Crippen LogP contribution in [0.1, 0.15) is 90.6 Å². The Bertz CT molecular complexity index is 1570. The van der Waals surface area contributed by atoms with Crippen molar-refractivity contribution in [1.29, 1.82) is 0 Å². The van der Waals surface area contributed by atoms with Gasteiger partial charge in [0.1, 0.15) is 6.04 Å². The van der Waals surface area contributed by atoms with Crippen LogP contribution in [-0.2, 0) is 16.1 Å². The van der Waals surface area contributed by atoms with E-state index in [1.165, 1.54) is 28.0 Å². The number of hydrogen-bond acceptors (Lipinski definition) is 5. The molecule has 4 aliphatic heterocycles. The number of rotatable bonds is 5. The molecule has 8 nitrogen and oxygen atoms in total. The van der Waals surface area contributed by atoms with E-state index in [9.17, 15) is 19.2 Å². The lowest BCUT2D eigenvalue weighted by Gasteiger charge is -2.43. The quantitative estimate of drug-likeness (QED) is 0.476. The SMILES string of the molecule is CC1(C)CCC(CN2CC3CCC(C2)N3C(=O)c2ccc3c(c2)CN(C2CCC(=O)NC2=O)C3=O)=C(c2ccc(Cl)cc2)C1. The van der Waals surface area contributed by atoms with Gasteiger partial charge in [-0.1, -0.05) is 43.2 Å². The third-order valence-electron chi connectivity index (χ3n) is 10.4. The van der Waals surface area contributed by atoms with Gasteiger partial charge in [-0.25, -0.2) is 0 Å². The summed E-state index contributed by atoms with van der Waals surface area (Å²) in [6.45, 7) is 7.62. The standard InChI is InChI=1S/C35H39ClN4O4/c1-35(2)14-13-23(29(16-35)21-3-6-25(36)7-4-21)17-38-19-26-8-9-27(20-38)40(26)33(43)22-5-10-28-24(15-22)18-39(34(28)44)30-11-12-31(41)37-32(30)42/h3-7,10,15,26-27,30H,8-9,11-14,16-20H2,1-2H3,(H,37,41,42). The molecular weight excluding hydrogens is 576 g/mol. The van der Waals surface area contributed by atoms with E-state index in [1.807, 2.05) is 18.2 Å². The normalized spacial score (nSPS) is 26.7. The van der Waals surface area contributed by atoms with Gasteiger partial charge in [0, 0.05) is 60.8 Å². The van der Waals surface area contributed by atoms with Gasteiger partial charge in [0.15, 0.2) is 0 Å². The molecule has 0 saturated carbocycles. The minimum Gasteiger partial charge on any atom is -0.330 e. The first-order chi connectivity index (χ1) is 21.1. The van der Waals surface area contributed by atoms with Gasteiger partial charge in [0.2, 0.25) is 11.8 Å². The second kappa shape index (κ2) is 11.1. The lowest BCUT2D eigenvalue weighted by molar-refractivity contribution is -0.136. The summed E-state index contributed by atoms with van der Waals surface area (Å²) in [7, 11) is 0. The summed E-state index contributed by atoms with van der Waals surface area (Å²) >= 11 is 6.21. The lowest BCUT2D eigenvalue weighted by atomic mass is 9.72. The highest BCUT2D eigenvalue weighted by Crippen LogP contribution is 2.44. The highest BCUT2D eigenvalue weighted by Gasteiger charge is 2.44. The third kappa shape index (κ3) is 5.36. The predicted molar refractivity (Wildman–Crippen MR) is 168 cm³/mol. The van der Waals surface area contributed by atoms with E-state index in [1.54, 1.807) is 12.1 Å². The average Bonchev–Trinajstić information content (AvgIpc) is 3.45. The minimum absolute atomic E-state index is 0.0207. The van der Waals surface area contributed by atoms with Gasteiger partial charge < -0.3 is 9.80 Å². The molecule has 3 unspecified atom stereocenters. The number of benzene rings is 2. The van der Waals surface area contributed by atoms with Crippen LogP contribution in [0.4, 0.5) is 0 Å². The van der Waals surface area contributed by atoms with E-state index in [4.69, 9.17) is 11.6 Å². The maximum Gasteiger partial charge on any atom is 0.255 e. The zero-order valence-electron chi connectivity index (χ0n) is 25.4. The van der Waals surface area contributed by atoms with Crippen LogP contribution in [0.15, 0.2) is 48.0 Å². The van der Waals surface area contributed by atoms with E-state index in [2.05, 4.69) is 41.1 Å². The van der Waals surface area contributed by atoms with Crippen molar-refractivity contribution < 1.29 is 19.2 Å². The number of imide groups is 1. The number of allylic oxidation sites excluding steroid dienone is 1. The van der Waals surface area contributed by atoms with Crippen LogP contribution in [0.2, 0.25) is 5.02 Å². The molecule has 5 aliphatic rings. The Labute approximate surface area is 263 Å². The van der Waals surface area contributed by atoms with Crippen molar-refractivity contribution >= 4 is 40.8 Å². The van der Waals surface area contributed by atoms with Crippen molar-refractivity contribution in [3.8, 4) is 0 Å². The first kappa shape index (κ1) is 29.2. The van der Waals surface area contributed by atoms with E-state index < -0.39 is 11.9 Å². The molecule has 2 aromatic rings. The van der Waals surface area contributed by atoms with Crippen LogP contribution in [0.5, 0.6) is 0 Å². The number of piperazine rings is 1. The number of amides is 4. The lowest BCUT2D eigenvalue weighted by Crippen LogP contribution is -2.56. The summed E-state index contributed by atoms with van der Waals surface area (Å²) in [4.78, 5) is 57.3. The van der Waals surface area contributed by atoms with Crippen LogP contribution >= 0.6 is 11.6 Å². The summed E-state index contributed by atoms with van der Waals surface area (Å²) < 4.78 is 0. The molecule has 3 fully saturated rings.